The molecule has 4 N–H and O–H groups in total. The zero-order valence-corrected chi connectivity index (χ0v) is 17.6. The molecule has 0 saturated carbocycles. The Balaban J connectivity index is 2.01. The molecule has 8 nitrogen and oxygen atoms in total. The van der Waals surface area contributed by atoms with E-state index in [0.29, 0.717) is 16.8 Å². The standard InChI is InChI=1S/C23H25N3O5/c1-23(2,3)31-22(30)25-17(21(28)29)12-14-13-26(18-10-6-4-8-15(14)18)19-11-7-5-9-16(19)20(24)27/h4-11,13,17H,12H2,1-3H3,(H2,24,27)(H,25,30)(H,28,29)/t17-/m0/s1. The fourth-order valence-electron chi connectivity index (χ4n) is 3.37. The third kappa shape index (κ3) is 5.03. The molecular formula is C23H25N3O5. The van der Waals surface area contributed by atoms with Crippen LogP contribution in [0.15, 0.2) is 54.7 Å². The highest BCUT2D eigenvalue weighted by Crippen LogP contribution is 2.27. The Bertz CT molecular complexity index is 1140. The molecule has 2 aromatic carbocycles. The molecule has 0 aliphatic rings. The lowest BCUT2D eigenvalue weighted by Gasteiger charge is -2.22. The van der Waals surface area contributed by atoms with Crippen LogP contribution in [0.25, 0.3) is 16.6 Å². The zero-order chi connectivity index (χ0) is 22.8. The maximum Gasteiger partial charge on any atom is 0.408 e. The number of rotatable bonds is 6. The SMILES string of the molecule is CC(C)(C)OC(=O)N[C@@H](Cc1cn(-c2ccccc2C(N)=O)c2ccccc12)C(=O)O. The van der Waals surface area contributed by atoms with Gasteiger partial charge in [-0.3, -0.25) is 4.79 Å². The van der Waals surface area contributed by atoms with Crippen LogP contribution in [0, 0.1) is 0 Å². The first-order valence-electron chi connectivity index (χ1n) is 9.77. The number of carbonyl (C=O) groups is 3. The summed E-state index contributed by atoms with van der Waals surface area (Å²) in [6.45, 7) is 5.10. The van der Waals surface area contributed by atoms with Crippen LogP contribution < -0.4 is 11.1 Å². The van der Waals surface area contributed by atoms with Crippen LogP contribution in [0.5, 0.6) is 0 Å². The highest BCUT2D eigenvalue weighted by atomic mass is 16.6. The van der Waals surface area contributed by atoms with Gasteiger partial charge in [0, 0.05) is 18.0 Å². The van der Waals surface area contributed by atoms with Crippen molar-refractivity contribution >= 4 is 28.9 Å². The number of ether oxygens (including phenoxy) is 1. The largest absolute Gasteiger partial charge is 0.480 e. The number of aromatic nitrogens is 1. The van der Waals surface area contributed by atoms with Crippen molar-refractivity contribution in [2.24, 2.45) is 5.73 Å². The third-order valence-corrected chi connectivity index (χ3v) is 4.64. The lowest BCUT2D eigenvalue weighted by molar-refractivity contribution is -0.139. The number of para-hydroxylation sites is 2. The summed E-state index contributed by atoms with van der Waals surface area (Å²) in [5.41, 5.74) is 7.20. The Morgan fingerprint density at radius 2 is 1.74 bits per heavy atom. The summed E-state index contributed by atoms with van der Waals surface area (Å²) in [4.78, 5) is 35.9. The summed E-state index contributed by atoms with van der Waals surface area (Å²) in [5, 5.41) is 12.9. The topological polar surface area (TPSA) is 124 Å². The fraction of sp³-hybridized carbons (Fsp3) is 0.261. The number of nitrogens with two attached hydrogens (primary N) is 1. The normalized spacial score (nSPS) is 12.4. The Hall–Kier alpha value is -3.81. The van der Waals surface area contributed by atoms with Gasteiger partial charge in [-0.2, -0.15) is 0 Å². The van der Waals surface area contributed by atoms with Crippen molar-refractivity contribution in [1.29, 1.82) is 0 Å². The van der Waals surface area contributed by atoms with Crippen LogP contribution in [0.1, 0.15) is 36.7 Å². The van der Waals surface area contributed by atoms with Crippen molar-refractivity contribution in [3.05, 3.63) is 65.9 Å². The summed E-state index contributed by atoms with van der Waals surface area (Å²) in [6, 6.07) is 13.1. The Morgan fingerprint density at radius 3 is 2.39 bits per heavy atom. The first-order chi connectivity index (χ1) is 14.6. The molecule has 2 amide bonds. The predicted molar refractivity (Wildman–Crippen MR) is 116 cm³/mol. The van der Waals surface area contributed by atoms with Crippen molar-refractivity contribution in [2.75, 3.05) is 0 Å². The molecule has 0 saturated heterocycles. The van der Waals surface area contributed by atoms with Gasteiger partial charge in [0.1, 0.15) is 11.6 Å². The highest BCUT2D eigenvalue weighted by molar-refractivity contribution is 5.98. The van der Waals surface area contributed by atoms with E-state index >= 15 is 0 Å². The van der Waals surface area contributed by atoms with Crippen LogP contribution >= 0.6 is 0 Å². The second kappa shape index (κ2) is 8.51. The van der Waals surface area contributed by atoms with Gasteiger partial charge >= 0.3 is 12.1 Å². The molecule has 1 atom stereocenters. The molecule has 0 spiro atoms. The highest BCUT2D eigenvalue weighted by Gasteiger charge is 2.26. The monoisotopic (exact) mass is 423 g/mol. The van der Waals surface area contributed by atoms with Crippen LogP contribution in [-0.4, -0.2) is 39.3 Å². The number of amides is 2. The molecule has 31 heavy (non-hydrogen) atoms. The number of carbonyl (C=O) groups excluding carboxylic acids is 2. The number of hydrogen-bond acceptors (Lipinski definition) is 4. The number of hydrogen-bond donors (Lipinski definition) is 3. The Morgan fingerprint density at radius 1 is 1.10 bits per heavy atom. The van der Waals surface area contributed by atoms with E-state index in [9.17, 15) is 19.5 Å². The maximum atomic E-state index is 12.1. The molecule has 1 heterocycles. The lowest BCUT2D eigenvalue weighted by Crippen LogP contribution is -2.44. The van der Waals surface area contributed by atoms with Crippen molar-refractivity contribution in [3.63, 3.8) is 0 Å². The molecule has 1 aromatic heterocycles. The number of aliphatic carboxylic acids is 1. The minimum atomic E-state index is -1.19. The first kappa shape index (κ1) is 21.9. The van der Waals surface area contributed by atoms with Crippen molar-refractivity contribution in [1.82, 2.24) is 9.88 Å². The summed E-state index contributed by atoms with van der Waals surface area (Å²) in [5.74, 6) is -1.75. The van der Waals surface area contributed by atoms with E-state index in [1.54, 1.807) is 55.8 Å². The molecular weight excluding hydrogens is 398 g/mol. The first-order valence-corrected chi connectivity index (χ1v) is 9.77. The van der Waals surface area contributed by atoms with E-state index in [1.165, 1.54) is 0 Å². The van der Waals surface area contributed by atoms with E-state index in [1.807, 2.05) is 24.3 Å². The number of nitrogens with zero attached hydrogens (tertiary/aromatic N) is 1. The van der Waals surface area contributed by atoms with Crippen molar-refractivity contribution in [2.45, 2.75) is 38.8 Å². The van der Waals surface area contributed by atoms with Gasteiger partial charge in [-0.1, -0.05) is 30.3 Å². The quantitative estimate of drug-likeness (QED) is 0.561. The molecule has 0 radical (unpaired) electrons. The molecule has 162 valence electrons. The molecule has 0 fully saturated rings. The average molecular weight is 423 g/mol. The maximum absolute atomic E-state index is 12.1. The van der Waals surface area contributed by atoms with Crippen molar-refractivity contribution < 1.29 is 24.2 Å². The van der Waals surface area contributed by atoms with E-state index < -0.39 is 29.6 Å². The number of alkyl carbamates (subject to hydrolysis) is 1. The minimum Gasteiger partial charge on any atom is -0.480 e. The average Bonchev–Trinajstić information content (AvgIpc) is 3.04. The van der Waals surface area contributed by atoms with Gasteiger partial charge in [0.2, 0.25) is 0 Å². The summed E-state index contributed by atoms with van der Waals surface area (Å²) >= 11 is 0. The molecule has 0 aliphatic heterocycles. The van der Waals surface area contributed by atoms with Crippen LogP contribution in [0.4, 0.5) is 4.79 Å². The van der Waals surface area contributed by atoms with Crippen LogP contribution in [0.2, 0.25) is 0 Å². The van der Waals surface area contributed by atoms with Crippen LogP contribution in [-0.2, 0) is 16.0 Å². The summed E-state index contributed by atoms with van der Waals surface area (Å²) < 4.78 is 6.99. The molecule has 3 aromatic rings. The second-order valence-corrected chi connectivity index (χ2v) is 8.16. The molecule has 0 unspecified atom stereocenters. The number of nitrogens with one attached hydrogen (secondary N) is 1. The zero-order valence-electron chi connectivity index (χ0n) is 17.6. The van der Waals surface area contributed by atoms with E-state index in [-0.39, 0.29) is 6.42 Å². The second-order valence-electron chi connectivity index (χ2n) is 8.16. The molecule has 0 bridgehead atoms. The van der Waals surface area contributed by atoms with E-state index in [2.05, 4.69) is 5.32 Å². The van der Waals surface area contributed by atoms with Gasteiger partial charge < -0.3 is 25.5 Å². The summed E-state index contributed by atoms with van der Waals surface area (Å²) in [6.07, 6.45) is 0.989. The van der Waals surface area contributed by atoms with Gasteiger partial charge in [-0.15, -0.1) is 0 Å². The van der Waals surface area contributed by atoms with Gasteiger partial charge in [0.25, 0.3) is 5.91 Å². The number of carboxylic acids is 1. The smallest absolute Gasteiger partial charge is 0.408 e. The number of carboxylic acid groups (broad SMARTS) is 1. The van der Waals surface area contributed by atoms with E-state index in [4.69, 9.17) is 10.5 Å². The Kier molecular flexibility index (Phi) is 6.01. The number of primary amides is 1. The van der Waals surface area contributed by atoms with Gasteiger partial charge in [0.05, 0.1) is 16.8 Å². The third-order valence-electron chi connectivity index (χ3n) is 4.64. The van der Waals surface area contributed by atoms with E-state index in [0.717, 1.165) is 10.9 Å². The van der Waals surface area contributed by atoms with Gasteiger partial charge in [0.15, 0.2) is 0 Å². The predicted octanol–water partition coefficient (Wildman–Crippen LogP) is 3.25. The molecule has 0 aliphatic carbocycles. The number of fused-ring (bicyclic) bond motifs is 1. The summed E-state index contributed by atoms with van der Waals surface area (Å²) in [7, 11) is 0. The fourth-order valence-corrected chi connectivity index (χ4v) is 3.37. The molecule has 8 heteroatoms. The van der Waals surface area contributed by atoms with Crippen molar-refractivity contribution in [3.8, 4) is 5.69 Å². The lowest BCUT2D eigenvalue weighted by atomic mass is 10.1. The minimum absolute atomic E-state index is 0.0286. The van der Waals surface area contributed by atoms with Crippen LogP contribution in [0.3, 0.4) is 0 Å². The Labute approximate surface area is 179 Å². The number of benzene rings is 2. The van der Waals surface area contributed by atoms with Gasteiger partial charge in [-0.05, 0) is 44.5 Å². The molecule has 3 rings (SSSR count). The van der Waals surface area contributed by atoms with Gasteiger partial charge in [-0.25, -0.2) is 9.59 Å².